The van der Waals surface area contributed by atoms with Gasteiger partial charge in [-0.05, 0) is 35.9 Å². The van der Waals surface area contributed by atoms with Crippen LogP contribution in [0.15, 0.2) is 42.5 Å². The van der Waals surface area contributed by atoms with Crippen LogP contribution in [0.3, 0.4) is 0 Å². The molecule has 2 rings (SSSR count). The maximum atomic E-state index is 12.1. The number of nitrogens with zero attached hydrogens (tertiary/aromatic N) is 2. The normalized spacial score (nSPS) is 10.0. The highest BCUT2D eigenvalue weighted by Gasteiger charge is 2.12. The minimum absolute atomic E-state index is 0.136. The molecule has 118 valence electrons. The Labute approximate surface area is 144 Å². The van der Waals surface area contributed by atoms with Crippen molar-refractivity contribution in [1.82, 2.24) is 4.90 Å². The highest BCUT2D eigenvalue weighted by Crippen LogP contribution is 2.25. The van der Waals surface area contributed by atoms with Crippen molar-refractivity contribution in [3.8, 4) is 11.8 Å². The number of hydrogen-bond donors (Lipinski definition) is 0. The van der Waals surface area contributed by atoms with E-state index in [9.17, 15) is 4.79 Å². The van der Waals surface area contributed by atoms with Crippen molar-refractivity contribution in [3.05, 3.63) is 63.6 Å². The molecule has 0 saturated carbocycles. The quantitative estimate of drug-likeness (QED) is 0.823. The summed E-state index contributed by atoms with van der Waals surface area (Å²) in [5.74, 6) is 0.181. The van der Waals surface area contributed by atoms with E-state index in [0.29, 0.717) is 27.9 Å². The van der Waals surface area contributed by atoms with Crippen LogP contribution in [0.25, 0.3) is 0 Å². The Morgan fingerprint density at radius 2 is 2.04 bits per heavy atom. The molecule has 23 heavy (non-hydrogen) atoms. The Morgan fingerprint density at radius 1 is 1.26 bits per heavy atom. The summed E-state index contributed by atoms with van der Waals surface area (Å²) in [6.45, 7) is 0.298. The fourth-order valence-electron chi connectivity index (χ4n) is 1.93. The number of rotatable bonds is 5. The standard InChI is InChI=1S/C17H14Cl2N2O2/c1-21(10-13-3-2-4-14(18)7-13)17(22)11-23-16-6-5-12(9-20)8-15(16)19/h2-8H,10-11H2,1H3. The van der Waals surface area contributed by atoms with Crippen molar-refractivity contribution in [2.24, 2.45) is 0 Å². The average molecular weight is 349 g/mol. The first-order valence-electron chi connectivity index (χ1n) is 6.80. The highest BCUT2D eigenvalue weighted by molar-refractivity contribution is 6.32. The third-order valence-electron chi connectivity index (χ3n) is 3.15. The number of ether oxygens (including phenoxy) is 1. The van der Waals surface area contributed by atoms with E-state index in [1.165, 1.54) is 6.07 Å². The average Bonchev–Trinajstić information content (AvgIpc) is 2.53. The van der Waals surface area contributed by atoms with Gasteiger partial charge in [0.1, 0.15) is 5.75 Å². The summed E-state index contributed by atoms with van der Waals surface area (Å²) < 4.78 is 5.42. The summed E-state index contributed by atoms with van der Waals surface area (Å²) in [6, 6.07) is 14.0. The number of carbonyl (C=O) groups excluding carboxylic acids is 1. The molecule has 0 atom stereocenters. The molecule has 0 radical (unpaired) electrons. The first-order chi connectivity index (χ1) is 11.0. The van der Waals surface area contributed by atoms with Crippen LogP contribution in [0, 0.1) is 11.3 Å². The van der Waals surface area contributed by atoms with Crippen molar-refractivity contribution in [1.29, 1.82) is 5.26 Å². The van der Waals surface area contributed by atoms with E-state index in [1.807, 2.05) is 24.3 Å². The van der Waals surface area contributed by atoms with Gasteiger partial charge < -0.3 is 9.64 Å². The molecule has 2 aromatic carbocycles. The highest BCUT2D eigenvalue weighted by atomic mass is 35.5. The van der Waals surface area contributed by atoms with Crippen LogP contribution in [0.5, 0.6) is 5.75 Å². The van der Waals surface area contributed by atoms with Crippen molar-refractivity contribution < 1.29 is 9.53 Å². The molecule has 0 unspecified atom stereocenters. The van der Waals surface area contributed by atoms with Gasteiger partial charge in [-0.25, -0.2) is 0 Å². The molecule has 0 saturated heterocycles. The summed E-state index contributed by atoms with van der Waals surface area (Å²) in [6.07, 6.45) is 0. The van der Waals surface area contributed by atoms with Crippen LogP contribution in [0.4, 0.5) is 0 Å². The Bertz CT molecular complexity index is 756. The molecule has 6 heteroatoms. The van der Waals surface area contributed by atoms with Crippen molar-refractivity contribution in [3.63, 3.8) is 0 Å². The van der Waals surface area contributed by atoms with Gasteiger partial charge in [-0.2, -0.15) is 5.26 Å². The maximum Gasteiger partial charge on any atom is 0.260 e. The van der Waals surface area contributed by atoms with E-state index in [0.717, 1.165) is 5.56 Å². The molecule has 0 heterocycles. The van der Waals surface area contributed by atoms with Crippen LogP contribution in [-0.2, 0) is 11.3 Å². The zero-order chi connectivity index (χ0) is 16.8. The summed E-state index contributed by atoms with van der Waals surface area (Å²) >= 11 is 11.9. The molecule has 0 aliphatic carbocycles. The second-order valence-electron chi connectivity index (χ2n) is 4.93. The van der Waals surface area contributed by atoms with Crippen molar-refractivity contribution in [2.45, 2.75) is 6.54 Å². The maximum absolute atomic E-state index is 12.1. The van der Waals surface area contributed by atoms with E-state index >= 15 is 0 Å². The van der Waals surface area contributed by atoms with E-state index in [-0.39, 0.29) is 12.5 Å². The van der Waals surface area contributed by atoms with Crippen LogP contribution >= 0.6 is 23.2 Å². The molecule has 0 aliphatic heterocycles. The van der Waals surface area contributed by atoms with Crippen LogP contribution < -0.4 is 4.74 Å². The molecule has 0 aliphatic rings. The molecule has 0 N–H and O–H groups in total. The van der Waals surface area contributed by atoms with Gasteiger partial charge in [-0.15, -0.1) is 0 Å². The van der Waals surface area contributed by atoms with Gasteiger partial charge in [0, 0.05) is 18.6 Å². The monoisotopic (exact) mass is 348 g/mol. The molecular formula is C17H14Cl2N2O2. The SMILES string of the molecule is CN(Cc1cccc(Cl)c1)C(=O)COc1ccc(C#N)cc1Cl. The third kappa shape index (κ3) is 4.88. The molecule has 0 bridgehead atoms. The smallest absolute Gasteiger partial charge is 0.260 e. The van der Waals surface area contributed by atoms with Gasteiger partial charge in [0.05, 0.1) is 16.7 Å². The number of carbonyl (C=O) groups is 1. The lowest BCUT2D eigenvalue weighted by Crippen LogP contribution is -2.31. The summed E-state index contributed by atoms with van der Waals surface area (Å²) in [4.78, 5) is 13.7. The second kappa shape index (κ2) is 7.87. The van der Waals surface area contributed by atoms with E-state index < -0.39 is 0 Å². The summed E-state index contributed by atoms with van der Waals surface area (Å²) in [5, 5.41) is 9.71. The molecule has 2 aromatic rings. The van der Waals surface area contributed by atoms with E-state index in [4.69, 9.17) is 33.2 Å². The Morgan fingerprint density at radius 3 is 2.70 bits per heavy atom. The van der Waals surface area contributed by atoms with Gasteiger partial charge >= 0.3 is 0 Å². The minimum Gasteiger partial charge on any atom is -0.482 e. The second-order valence-corrected chi connectivity index (χ2v) is 5.77. The fraction of sp³-hybridized carbons (Fsp3) is 0.176. The first-order valence-corrected chi connectivity index (χ1v) is 7.56. The Hall–Kier alpha value is -2.22. The lowest BCUT2D eigenvalue weighted by molar-refractivity contribution is -0.132. The van der Waals surface area contributed by atoms with E-state index in [2.05, 4.69) is 0 Å². The number of halogens is 2. The van der Waals surface area contributed by atoms with Gasteiger partial charge in [-0.3, -0.25) is 4.79 Å². The van der Waals surface area contributed by atoms with E-state index in [1.54, 1.807) is 30.1 Å². The number of hydrogen-bond acceptors (Lipinski definition) is 3. The lowest BCUT2D eigenvalue weighted by atomic mass is 10.2. The lowest BCUT2D eigenvalue weighted by Gasteiger charge is -2.18. The summed E-state index contributed by atoms with van der Waals surface area (Å²) in [7, 11) is 1.69. The Kier molecular flexibility index (Phi) is 5.86. The van der Waals surface area contributed by atoms with Gasteiger partial charge in [-0.1, -0.05) is 35.3 Å². The Balaban J connectivity index is 1.93. The topological polar surface area (TPSA) is 53.3 Å². The predicted molar refractivity (Wildman–Crippen MR) is 89.6 cm³/mol. The van der Waals surface area contributed by atoms with Crippen LogP contribution in [-0.4, -0.2) is 24.5 Å². The minimum atomic E-state index is -0.189. The fourth-order valence-corrected chi connectivity index (χ4v) is 2.38. The predicted octanol–water partition coefficient (Wildman–Crippen LogP) is 3.90. The molecule has 0 spiro atoms. The molecular weight excluding hydrogens is 335 g/mol. The molecule has 1 amide bonds. The van der Waals surface area contributed by atoms with Crippen LogP contribution in [0.2, 0.25) is 10.0 Å². The number of nitriles is 1. The van der Waals surface area contributed by atoms with Crippen molar-refractivity contribution >= 4 is 29.1 Å². The summed E-state index contributed by atoms with van der Waals surface area (Å²) in [5.41, 5.74) is 1.37. The largest absolute Gasteiger partial charge is 0.482 e. The first kappa shape index (κ1) is 17.1. The number of likely N-dealkylation sites (N-methyl/N-ethyl adjacent to an activating group) is 1. The molecule has 0 fully saturated rings. The van der Waals surface area contributed by atoms with Gasteiger partial charge in [0.15, 0.2) is 6.61 Å². The zero-order valence-electron chi connectivity index (χ0n) is 12.4. The van der Waals surface area contributed by atoms with Gasteiger partial charge in [0.2, 0.25) is 0 Å². The molecule has 4 nitrogen and oxygen atoms in total. The number of amides is 1. The zero-order valence-corrected chi connectivity index (χ0v) is 13.9. The number of benzene rings is 2. The molecule has 0 aromatic heterocycles. The third-order valence-corrected chi connectivity index (χ3v) is 3.68. The van der Waals surface area contributed by atoms with Crippen LogP contribution in [0.1, 0.15) is 11.1 Å². The van der Waals surface area contributed by atoms with Crippen molar-refractivity contribution in [2.75, 3.05) is 13.7 Å². The van der Waals surface area contributed by atoms with Gasteiger partial charge in [0.25, 0.3) is 5.91 Å².